The number of nitrogens with one attached hydrogen (secondary N) is 1. The van der Waals surface area contributed by atoms with Crippen LogP contribution in [0.2, 0.25) is 0 Å². The van der Waals surface area contributed by atoms with Crippen molar-refractivity contribution in [2.24, 2.45) is 5.14 Å². The molecule has 0 aliphatic heterocycles. The van der Waals surface area contributed by atoms with Gasteiger partial charge in [-0.15, -0.1) is 0 Å². The molecule has 0 spiro atoms. The van der Waals surface area contributed by atoms with Crippen LogP contribution in [-0.2, 0) is 14.8 Å². The lowest BCUT2D eigenvalue weighted by molar-refractivity contribution is -0.137. The van der Waals surface area contributed by atoms with Gasteiger partial charge in [-0.2, -0.15) is 0 Å². The Morgan fingerprint density at radius 1 is 1.41 bits per heavy atom. The summed E-state index contributed by atoms with van der Waals surface area (Å²) < 4.78 is 21.2. The summed E-state index contributed by atoms with van der Waals surface area (Å²) in [5.74, 6) is -1.35. The minimum Gasteiger partial charge on any atom is -0.481 e. The van der Waals surface area contributed by atoms with Crippen molar-refractivity contribution in [2.45, 2.75) is 13.3 Å². The third-order valence-corrected chi connectivity index (χ3v) is 2.70. The number of carbonyl (C=O) groups excluding carboxylic acids is 1. The highest BCUT2D eigenvalue weighted by atomic mass is 32.2. The fourth-order valence-corrected chi connectivity index (χ4v) is 1.43. The number of nitrogens with zero attached hydrogens (tertiary/aromatic N) is 1. The highest BCUT2D eigenvalue weighted by Gasteiger charge is 2.13. The van der Waals surface area contributed by atoms with Gasteiger partial charge in [0, 0.05) is 19.6 Å². The Morgan fingerprint density at radius 3 is 2.41 bits per heavy atom. The summed E-state index contributed by atoms with van der Waals surface area (Å²) in [5.41, 5.74) is 0. The molecular formula is C8H17N3O5S. The van der Waals surface area contributed by atoms with Crippen LogP contribution in [-0.4, -0.2) is 55.8 Å². The number of amides is 2. The molecule has 0 rings (SSSR count). The quantitative estimate of drug-likeness (QED) is 0.532. The van der Waals surface area contributed by atoms with Crippen LogP contribution in [0.1, 0.15) is 13.3 Å². The van der Waals surface area contributed by atoms with Gasteiger partial charge in [0.2, 0.25) is 10.0 Å². The first-order valence-electron chi connectivity index (χ1n) is 5.01. The lowest BCUT2D eigenvalue weighted by Crippen LogP contribution is -2.43. The minimum atomic E-state index is -3.61. The third kappa shape index (κ3) is 8.46. The van der Waals surface area contributed by atoms with Crippen LogP contribution >= 0.6 is 0 Å². The average Bonchev–Trinajstić information content (AvgIpc) is 2.16. The summed E-state index contributed by atoms with van der Waals surface area (Å²) in [5, 5.41) is 15.6. The number of carboxylic acids is 1. The van der Waals surface area contributed by atoms with Crippen LogP contribution in [0.3, 0.4) is 0 Å². The van der Waals surface area contributed by atoms with E-state index in [1.807, 2.05) is 0 Å². The van der Waals surface area contributed by atoms with Crippen molar-refractivity contribution in [3.63, 3.8) is 0 Å². The van der Waals surface area contributed by atoms with Crippen LogP contribution < -0.4 is 10.5 Å². The van der Waals surface area contributed by atoms with Crippen LogP contribution in [0.25, 0.3) is 0 Å². The second kappa shape index (κ2) is 7.07. The zero-order chi connectivity index (χ0) is 13.5. The third-order valence-electron chi connectivity index (χ3n) is 1.93. The number of nitrogens with two attached hydrogens (primary N) is 1. The zero-order valence-electron chi connectivity index (χ0n) is 9.55. The molecular weight excluding hydrogens is 250 g/mol. The van der Waals surface area contributed by atoms with Crippen molar-refractivity contribution in [3.8, 4) is 0 Å². The van der Waals surface area contributed by atoms with E-state index in [4.69, 9.17) is 10.2 Å². The maximum Gasteiger partial charge on any atom is 0.317 e. The minimum absolute atomic E-state index is 0.0764. The van der Waals surface area contributed by atoms with Gasteiger partial charge in [0.25, 0.3) is 0 Å². The van der Waals surface area contributed by atoms with E-state index >= 15 is 0 Å². The maximum atomic E-state index is 11.5. The summed E-state index contributed by atoms with van der Waals surface area (Å²) in [7, 11) is -3.61. The standard InChI is InChI=1S/C8H17N3O5S/c1-2-11(5-3-7(12)13)8(14)10-4-6-17(9,15)16/h2-6H2,1H3,(H,10,14)(H,12,13)(H2,9,15,16). The number of rotatable bonds is 7. The molecule has 0 atom stereocenters. The van der Waals surface area contributed by atoms with E-state index in [0.717, 1.165) is 0 Å². The second-order valence-corrected chi connectivity index (χ2v) is 5.06. The molecule has 0 aromatic carbocycles. The Bertz CT molecular complexity index is 367. The van der Waals surface area contributed by atoms with Crippen molar-refractivity contribution in [3.05, 3.63) is 0 Å². The van der Waals surface area contributed by atoms with Crippen LogP contribution in [0.15, 0.2) is 0 Å². The van der Waals surface area contributed by atoms with Crippen molar-refractivity contribution in [1.29, 1.82) is 0 Å². The Kier molecular flexibility index (Phi) is 6.51. The number of carbonyl (C=O) groups is 2. The second-order valence-electron chi connectivity index (χ2n) is 3.32. The fraction of sp³-hybridized carbons (Fsp3) is 0.750. The van der Waals surface area contributed by atoms with Gasteiger partial charge < -0.3 is 15.3 Å². The molecule has 2 amide bonds. The van der Waals surface area contributed by atoms with E-state index in [2.05, 4.69) is 5.32 Å². The molecule has 9 heteroatoms. The van der Waals surface area contributed by atoms with Crippen molar-refractivity contribution in [1.82, 2.24) is 10.2 Å². The molecule has 4 N–H and O–H groups in total. The predicted octanol–water partition coefficient (Wildman–Crippen LogP) is -1.22. The largest absolute Gasteiger partial charge is 0.481 e. The maximum absolute atomic E-state index is 11.5. The fourth-order valence-electron chi connectivity index (χ4n) is 1.05. The Labute approximate surface area is 99.8 Å². The Hall–Kier alpha value is -1.35. The van der Waals surface area contributed by atoms with E-state index in [9.17, 15) is 18.0 Å². The smallest absolute Gasteiger partial charge is 0.317 e. The highest BCUT2D eigenvalue weighted by molar-refractivity contribution is 7.89. The molecule has 0 aromatic heterocycles. The topological polar surface area (TPSA) is 130 Å². The SMILES string of the molecule is CCN(CCC(=O)O)C(=O)NCCS(N)(=O)=O. The molecule has 0 aromatic rings. The van der Waals surface area contributed by atoms with Gasteiger partial charge in [0.15, 0.2) is 0 Å². The number of primary sulfonamides is 1. The number of aliphatic carboxylic acids is 1. The first-order chi connectivity index (χ1) is 7.76. The molecule has 17 heavy (non-hydrogen) atoms. The Balaban J connectivity index is 4.04. The zero-order valence-corrected chi connectivity index (χ0v) is 10.4. The summed E-state index contributed by atoms with van der Waals surface area (Å²) >= 11 is 0. The van der Waals surface area contributed by atoms with E-state index in [-0.39, 0.29) is 25.3 Å². The molecule has 0 saturated heterocycles. The van der Waals surface area contributed by atoms with Crippen molar-refractivity contribution < 1.29 is 23.1 Å². The van der Waals surface area contributed by atoms with E-state index in [0.29, 0.717) is 6.54 Å². The summed E-state index contributed by atoms with van der Waals surface area (Å²) in [6.07, 6.45) is -0.156. The van der Waals surface area contributed by atoms with Crippen LogP contribution in [0.4, 0.5) is 4.79 Å². The number of urea groups is 1. The summed E-state index contributed by atoms with van der Waals surface area (Å²) in [4.78, 5) is 23.1. The van der Waals surface area contributed by atoms with Crippen LogP contribution in [0, 0.1) is 0 Å². The molecule has 0 aliphatic rings. The molecule has 0 aliphatic carbocycles. The molecule has 8 nitrogen and oxygen atoms in total. The van der Waals surface area contributed by atoms with Crippen molar-refractivity contribution in [2.75, 3.05) is 25.4 Å². The molecule has 0 saturated carbocycles. The molecule has 0 heterocycles. The van der Waals surface area contributed by atoms with E-state index in [1.165, 1.54) is 4.90 Å². The number of hydrogen-bond donors (Lipinski definition) is 3. The first kappa shape index (κ1) is 15.7. The van der Waals surface area contributed by atoms with Gasteiger partial charge >= 0.3 is 12.0 Å². The summed E-state index contributed by atoms with van der Waals surface area (Å²) in [6.45, 7) is 2.02. The Morgan fingerprint density at radius 2 is 2.00 bits per heavy atom. The first-order valence-corrected chi connectivity index (χ1v) is 6.73. The number of sulfonamides is 1. The van der Waals surface area contributed by atoms with Crippen molar-refractivity contribution >= 4 is 22.0 Å². The summed E-state index contributed by atoms with van der Waals surface area (Å²) in [6, 6.07) is -0.502. The molecule has 100 valence electrons. The molecule has 0 bridgehead atoms. The van der Waals surface area contributed by atoms with Gasteiger partial charge in [-0.3, -0.25) is 4.79 Å². The van der Waals surface area contributed by atoms with E-state index in [1.54, 1.807) is 6.92 Å². The van der Waals surface area contributed by atoms with Gasteiger partial charge in [-0.25, -0.2) is 18.4 Å². The molecule has 0 unspecified atom stereocenters. The predicted molar refractivity (Wildman–Crippen MR) is 60.9 cm³/mol. The average molecular weight is 267 g/mol. The van der Waals surface area contributed by atoms with Gasteiger partial charge in [0.1, 0.15) is 0 Å². The molecule has 0 fully saturated rings. The van der Waals surface area contributed by atoms with Gasteiger partial charge in [0.05, 0.1) is 12.2 Å². The highest BCUT2D eigenvalue weighted by Crippen LogP contribution is 1.92. The normalized spacial score (nSPS) is 10.9. The van der Waals surface area contributed by atoms with Gasteiger partial charge in [-0.1, -0.05) is 0 Å². The lowest BCUT2D eigenvalue weighted by Gasteiger charge is -2.20. The van der Waals surface area contributed by atoms with E-state index < -0.39 is 22.0 Å². The monoisotopic (exact) mass is 267 g/mol. The van der Waals surface area contributed by atoms with Gasteiger partial charge in [-0.05, 0) is 6.92 Å². The number of hydrogen-bond acceptors (Lipinski definition) is 4. The van der Waals surface area contributed by atoms with Crippen LogP contribution in [0.5, 0.6) is 0 Å². The number of carboxylic acid groups (broad SMARTS) is 1. The molecule has 0 radical (unpaired) electrons. The lowest BCUT2D eigenvalue weighted by atomic mass is 10.4.